The van der Waals surface area contributed by atoms with E-state index in [1.807, 2.05) is 20.8 Å². The number of aldehydes is 1. The molecule has 0 aromatic carbocycles. The van der Waals surface area contributed by atoms with Gasteiger partial charge in [0, 0.05) is 6.04 Å². The van der Waals surface area contributed by atoms with Crippen molar-refractivity contribution in [3.05, 3.63) is 0 Å². The molecule has 0 aromatic rings. The lowest BCUT2D eigenvalue weighted by Crippen LogP contribution is -2.47. The van der Waals surface area contributed by atoms with Crippen LogP contribution in [0.1, 0.15) is 41.5 Å². The fourth-order valence-corrected chi connectivity index (χ4v) is 1.20. The predicted molar refractivity (Wildman–Crippen MR) is 62.8 cm³/mol. The van der Waals surface area contributed by atoms with Gasteiger partial charge in [0.15, 0.2) is 0 Å². The van der Waals surface area contributed by atoms with E-state index in [1.54, 1.807) is 20.8 Å². The molecule has 2 N–H and O–H groups in total. The van der Waals surface area contributed by atoms with Gasteiger partial charge in [-0.1, -0.05) is 20.8 Å². The summed E-state index contributed by atoms with van der Waals surface area (Å²) in [5.74, 6) is -1.45. The van der Waals surface area contributed by atoms with E-state index in [0.29, 0.717) is 6.29 Å². The minimum Gasteiger partial charge on any atom is -0.459 e. The number of rotatable bonds is 3. The zero-order valence-electron chi connectivity index (χ0n) is 11.0. The highest BCUT2D eigenvalue weighted by molar-refractivity contribution is 5.89. The molecule has 0 fully saturated rings. The van der Waals surface area contributed by atoms with Crippen molar-refractivity contribution in [1.29, 1.82) is 0 Å². The number of hydrogen-bond acceptors (Lipinski definition) is 4. The first-order valence-corrected chi connectivity index (χ1v) is 5.43. The van der Waals surface area contributed by atoms with Crippen LogP contribution in [0.2, 0.25) is 0 Å². The second kappa shape index (κ2) is 4.95. The molecule has 4 nitrogen and oxygen atoms in total. The molecule has 0 rings (SSSR count). The minimum absolute atomic E-state index is 0.317. The highest BCUT2D eigenvalue weighted by Crippen LogP contribution is 2.24. The first-order chi connectivity index (χ1) is 6.99. The Kier molecular flexibility index (Phi) is 4.68. The monoisotopic (exact) mass is 229 g/mol. The summed E-state index contributed by atoms with van der Waals surface area (Å²) in [6.45, 7) is 10.9. The van der Waals surface area contributed by atoms with Gasteiger partial charge in [-0.3, -0.25) is 4.79 Å². The molecule has 16 heavy (non-hydrogen) atoms. The Morgan fingerprint density at radius 1 is 1.19 bits per heavy atom. The summed E-state index contributed by atoms with van der Waals surface area (Å²) in [6, 6.07) is -0.542. The quantitative estimate of drug-likeness (QED) is 0.452. The van der Waals surface area contributed by atoms with E-state index < -0.39 is 23.5 Å². The van der Waals surface area contributed by atoms with Crippen molar-refractivity contribution < 1.29 is 14.3 Å². The lowest BCUT2D eigenvalue weighted by Gasteiger charge is -2.31. The standard InChI is InChI=1S/C12H23NO3/c1-11(2,3)9(13)8(7-14)10(15)16-12(4,5)6/h7-9H,13H2,1-6H3. The Bertz CT molecular complexity index is 260. The van der Waals surface area contributed by atoms with Gasteiger partial charge in [-0.2, -0.15) is 0 Å². The summed E-state index contributed by atoms with van der Waals surface area (Å²) in [5, 5.41) is 0. The molecule has 0 saturated heterocycles. The van der Waals surface area contributed by atoms with E-state index in [0.717, 1.165) is 0 Å². The van der Waals surface area contributed by atoms with E-state index in [2.05, 4.69) is 0 Å². The SMILES string of the molecule is CC(C)(C)OC(=O)C(C=O)C(N)C(C)(C)C. The van der Waals surface area contributed by atoms with Crippen molar-refractivity contribution in [3.63, 3.8) is 0 Å². The van der Waals surface area contributed by atoms with Gasteiger partial charge in [0.2, 0.25) is 0 Å². The highest BCUT2D eigenvalue weighted by Gasteiger charge is 2.36. The van der Waals surface area contributed by atoms with Crippen molar-refractivity contribution in [2.75, 3.05) is 0 Å². The molecule has 4 heteroatoms. The van der Waals surface area contributed by atoms with E-state index >= 15 is 0 Å². The summed E-state index contributed by atoms with van der Waals surface area (Å²) < 4.78 is 5.16. The topological polar surface area (TPSA) is 69.4 Å². The number of esters is 1. The highest BCUT2D eigenvalue weighted by atomic mass is 16.6. The van der Waals surface area contributed by atoms with Crippen molar-refractivity contribution in [1.82, 2.24) is 0 Å². The van der Waals surface area contributed by atoms with Gasteiger partial charge in [0.25, 0.3) is 0 Å². The first-order valence-electron chi connectivity index (χ1n) is 5.43. The number of hydrogen-bond donors (Lipinski definition) is 1. The normalized spacial score (nSPS) is 16.4. The summed E-state index contributed by atoms with van der Waals surface area (Å²) >= 11 is 0. The lowest BCUT2D eigenvalue weighted by molar-refractivity contribution is -0.162. The first kappa shape index (κ1) is 15.1. The van der Waals surface area contributed by atoms with Crippen LogP contribution >= 0.6 is 0 Å². The van der Waals surface area contributed by atoms with Crippen molar-refractivity contribution >= 4 is 12.3 Å². The smallest absolute Gasteiger partial charge is 0.318 e. The number of carbonyl (C=O) groups excluding carboxylic acids is 2. The third kappa shape index (κ3) is 4.75. The molecule has 0 bridgehead atoms. The molecule has 0 aliphatic heterocycles. The van der Waals surface area contributed by atoms with E-state index in [4.69, 9.17) is 10.5 Å². The fourth-order valence-electron chi connectivity index (χ4n) is 1.20. The van der Waals surface area contributed by atoms with Gasteiger partial charge in [0.1, 0.15) is 17.8 Å². The zero-order valence-corrected chi connectivity index (χ0v) is 11.0. The Balaban J connectivity index is 4.75. The van der Waals surface area contributed by atoms with E-state index in [9.17, 15) is 9.59 Å². The molecule has 0 aliphatic carbocycles. The average Bonchev–Trinajstić information content (AvgIpc) is 1.99. The molecule has 0 saturated carbocycles. The predicted octanol–water partition coefficient (Wildman–Crippen LogP) is 1.52. The molecular formula is C12H23NO3. The number of ether oxygens (including phenoxy) is 1. The van der Waals surface area contributed by atoms with E-state index in [1.165, 1.54) is 0 Å². The molecule has 0 spiro atoms. The maximum Gasteiger partial charge on any atom is 0.318 e. The third-order valence-corrected chi connectivity index (χ3v) is 2.21. The lowest BCUT2D eigenvalue weighted by atomic mass is 9.80. The molecule has 0 heterocycles. The summed E-state index contributed by atoms with van der Waals surface area (Å²) in [4.78, 5) is 22.7. The Hall–Kier alpha value is -0.900. The minimum atomic E-state index is -0.903. The average molecular weight is 229 g/mol. The molecule has 0 aliphatic rings. The summed E-state index contributed by atoms with van der Waals surface area (Å²) in [7, 11) is 0. The molecule has 94 valence electrons. The third-order valence-electron chi connectivity index (χ3n) is 2.21. The summed E-state index contributed by atoms with van der Waals surface area (Å²) in [6.07, 6.45) is 0.573. The fraction of sp³-hybridized carbons (Fsp3) is 0.833. The molecule has 0 aromatic heterocycles. The maximum absolute atomic E-state index is 11.7. The maximum atomic E-state index is 11.7. The molecular weight excluding hydrogens is 206 g/mol. The molecule has 0 amide bonds. The van der Waals surface area contributed by atoms with Crippen molar-refractivity contribution in [2.24, 2.45) is 17.1 Å². The largest absolute Gasteiger partial charge is 0.459 e. The van der Waals surface area contributed by atoms with Crippen LogP contribution in [0, 0.1) is 11.3 Å². The van der Waals surface area contributed by atoms with E-state index in [-0.39, 0.29) is 5.41 Å². The Labute approximate surface area is 97.5 Å². The van der Waals surface area contributed by atoms with Gasteiger partial charge in [0.05, 0.1) is 0 Å². The van der Waals surface area contributed by atoms with Gasteiger partial charge in [-0.15, -0.1) is 0 Å². The summed E-state index contributed by atoms with van der Waals surface area (Å²) in [5.41, 5.74) is 4.97. The Morgan fingerprint density at radius 3 is 1.88 bits per heavy atom. The second-order valence-electron chi connectivity index (χ2n) is 6.09. The molecule has 0 radical (unpaired) electrons. The Morgan fingerprint density at radius 2 is 1.62 bits per heavy atom. The van der Waals surface area contributed by atoms with Crippen molar-refractivity contribution in [3.8, 4) is 0 Å². The second-order valence-corrected chi connectivity index (χ2v) is 6.09. The van der Waals surface area contributed by atoms with Gasteiger partial charge >= 0.3 is 5.97 Å². The van der Waals surface area contributed by atoms with Crippen LogP contribution in [0.4, 0.5) is 0 Å². The van der Waals surface area contributed by atoms with Crippen LogP contribution in [-0.2, 0) is 14.3 Å². The van der Waals surface area contributed by atoms with Crippen LogP contribution in [0.15, 0.2) is 0 Å². The molecule has 2 unspecified atom stereocenters. The molecule has 2 atom stereocenters. The number of nitrogens with two attached hydrogens (primary N) is 1. The van der Waals surface area contributed by atoms with Crippen LogP contribution in [-0.4, -0.2) is 23.9 Å². The zero-order chi connectivity index (χ0) is 13.1. The van der Waals surface area contributed by atoms with Crippen molar-refractivity contribution in [2.45, 2.75) is 53.2 Å². The van der Waals surface area contributed by atoms with Crippen LogP contribution in [0.5, 0.6) is 0 Å². The van der Waals surface area contributed by atoms with Gasteiger partial charge in [-0.05, 0) is 26.2 Å². The van der Waals surface area contributed by atoms with Crippen LogP contribution < -0.4 is 5.73 Å². The van der Waals surface area contributed by atoms with Crippen LogP contribution in [0.3, 0.4) is 0 Å². The van der Waals surface area contributed by atoms with Gasteiger partial charge in [-0.25, -0.2) is 0 Å². The van der Waals surface area contributed by atoms with Gasteiger partial charge < -0.3 is 15.3 Å². The number of carbonyl (C=O) groups is 2. The van der Waals surface area contributed by atoms with Crippen LogP contribution in [0.25, 0.3) is 0 Å².